The summed E-state index contributed by atoms with van der Waals surface area (Å²) in [6.45, 7) is 7.55. The number of aromatic nitrogens is 2. The summed E-state index contributed by atoms with van der Waals surface area (Å²) in [5.41, 5.74) is 3.40. The topological polar surface area (TPSA) is 49.3 Å². The Balaban J connectivity index is 1.61. The average Bonchev–Trinajstić information content (AvgIpc) is 2.74. The molecule has 2 aromatic rings. The first kappa shape index (κ1) is 18.9. The van der Waals surface area contributed by atoms with E-state index in [1.165, 1.54) is 19.3 Å². The highest BCUT2D eigenvalue weighted by Gasteiger charge is 2.31. The van der Waals surface area contributed by atoms with Gasteiger partial charge in [0.1, 0.15) is 11.6 Å². The molecule has 1 aromatic heterocycles. The maximum atomic E-state index is 13.4. The van der Waals surface area contributed by atoms with Gasteiger partial charge in [-0.05, 0) is 38.2 Å². The molecule has 0 N–H and O–H groups in total. The van der Waals surface area contributed by atoms with Crippen LogP contribution in [0.3, 0.4) is 0 Å². The molecule has 4 rings (SSSR count). The summed E-state index contributed by atoms with van der Waals surface area (Å²) in [5, 5.41) is 0. The van der Waals surface area contributed by atoms with Crippen LogP contribution in [0.1, 0.15) is 61.2 Å². The Bertz CT molecular complexity index is 830. The Hall–Kier alpha value is -2.43. The number of anilines is 1. The maximum absolute atomic E-state index is 13.4. The summed E-state index contributed by atoms with van der Waals surface area (Å²) >= 11 is 0. The fraction of sp³-hybridized carbons (Fsp3) is 0.522. The molecule has 1 amide bonds. The van der Waals surface area contributed by atoms with Crippen LogP contribution >= 0.6 is 0 Å². The Morgan fingerprint density at radius 3 is 2.54 bits per heavy atom. The Morgan fingerprint density at radius 1 is 1.07 bits per heavy atom. The second-order valence-corrected chi connectivity index (χ2v) is 7.95. The molecule has 5 nitrogen and oxygen atoms in total. The van der Waals surface area contributed by atoms with Gasteiger partial charge in [-0.1, -0.05) is 37.3 Å². The van der Waals surface area contributed by atoms with Gasteiger partial charge in [-0.15, -0.1) is 0 Å². The van der Waals surface area contributed by atoms with Crippen LogP contribution in [0.2, 0.25) is 0 Å². The number of piperidine rings is 1. The number of rotatable bonds is 4. The quantitative estimate of drug-likeness (QED) is 0.811. The van der Waals surface area contributed by atoms with Crippen LogP contribution in [-0.4, -0.2) is 40.4 Å². The first-order valence-corrected chi connectivity index (χ1v) is 10.6. The molecule has 28 heavy (non-hydrogen) atoms. The number of carbonyl (C=O) groups excluding carboxylic acids is 1. The van der Waals surface area contributed by atoms with Crippen LogP contribution in [0.4, 0.5) is 5.82 Å². The van der Waals surface area contributed by atoms with Crippen molar-refractivity contribution < 1.29 is 4.79 Å². The lowest BCUT2D eigenvalue weighted by molar-refractivity contribution is -0.133. The zero-order valence-corrected chi connectivity index (χ0v) is 17.0. The lowest BCUT2D eigenvalue weighted by atomic mass is 9.93. The van der Waals surface area contributed by atoms with Gasteiger partial charge in [0.25, 0.3) is 0 Å². The fourth-order valence-electron chi connectivity index (χ4n) is 4.53. The van der Waals surface area contributed by atoms with Crippen LogP contribution in [0, 0.1) is 6.92 Å². The molecule has 1 aromatic carbocycles. The highest BCUT2D eigenvalue weighted by atomic mass is 16.2. The molecule has 1 fully saturated rings. The van der Waals surface area contributed by atoms with Crippen molar-refractivity contribution in [2.24, 2.45) is 0 Å². The van der Waals surface area contributed by atoms with Gasteiger partial charge in [0.15, 0.2) is 0 Å². The third kappa shape index (κ3) is 3.75. The van der Waals surface area contributed by atoms with Crippen molar-refractivity contribution >= 4 is 11.7 Å². The summed E-state index contributed by atoms with van der Waals surface area (Å²) in [5.74, 6) is 2.05. The number of hydrogen-bond donors (Lipinski definition) is 0. The molecular formula is C23H30N4O. The van der Waals surface area contributed by atoms with E-state index in [0.717, 1.165) is 60.9 Å². The Kier molecular flexibility index (Phi) is 5.60. The minimum absolute atomic E-state index is 0.0763. The summed E-state index contributed by atoms with van der Waals surface area (Å²) in [7, 11) is 0. The molecule has 0 radical (unpaired) electrons. The average molecular weight is 379 g/mol. The Morgan fingerprint density at radius 2 is 1.82 bits per heavy atom. The molecule has 3 heterocycles. The molecular weight excluding hydrogens is 348 g/mol. The zero-order valence-electron chi connectivity index (χ0n) is 17.0. The predicted molar refractivity (Wildman–Crippen MR) is 111 cm³/mol. The third-order valence-corrected chi connectivity index (χ3v) is 6.03. The number of benzene rings is 1. The number of fused-ring (bicyclic) bond motifs is 1. The van der Waals surface area contributed by atoms with E-state index in [-0.39, 0.29) is 11.8 Å². The fourth-order valence-corrected chi connectivity index (χ4v) is 4.53. The van der Waals surface area contributed by atoms with E-state index < -0.39 is 0 Å². The Labute approximate surface area is 167 Å². The van der Waals surface area contributed by atoms with Crippen molar-refractivity contribution in [2.45, 2.75) is 58.4 Å². The summed E-state index contributed by atoms with van der Waals surface area (Å²) in [4.78, 5) is 27.3. The van der Waals surface area contributed by atoms with Crippen molar-refractivity contribution in [3.63, 3.8) is 0 Å². The first-order chi connectivity index (χ1) is 13.7. The highest BCUT2D eigenvalue weighted by Crippen LogP contribution is 2.31. The number of amides is 1. The molecule has 148 valence electrons. The predicted octanol–water partition coefficient (Wildman–Crippen LogP) is 3.85. The van der Waals surface area contributed by atoms with E-state index in [2.05, 4.69) is 24.0 Å². The van der Waals surface area contributed by atoms with Crippen molar-refractivity contribution in [3.05, 3.63) is 53.0 Å². The van der Waals surface area contributed by atoms with Crippen molar-refractivity contribution in [3.8, 4) is 0 Å². The van der Waals surface area contributed by atoms with Gasteiger partial charge in [-0.2, -0.15) is 0 Å². The highest BCUT2D eigenvalue weighted by molar-refractivity contribution is 5.84. The standard InChI is InChI=1S/C23H30N4O/c1-3-19(18-10-6-4-7-11-18)23(28)27-15-12-21-20(16-27)22(25-17(2)24-21)26-13-8-5-9-14-26/h4,6-7,10-11,19H,3,5,8-9,12-16H2,1-2H3/t19-/m0/s1. The normalized spacial score (nSPS) is 17.9. The van der Waals surface area contributed by atoms with Crippen molar-refractivity contribution in [2.75, 3.05) is 24.5 Å². The number of hydrogen-bond acceptors (Lipinski definition) is 4. The van der Waals surface area contributed by atoms with E-state index in [1.54, 1.807) is 0 Å². The monoisotopic (exact) mass is 378 g/mol. The lowest BCUT2D eigenvalue weighted by Gasteiger charge is -2.35. The molecule has 0 saturated carbocycles. The molecule has 1 saturated heterocycles. The lowest BCUT2D eigenvalue weighted by Crippen LogP contribution is -2.41. The molecule has 0 bridgehead atoms. The van der Waals surface area contributed by atoms with E-state index in [9.17, 15) is 4.79 Å². The summed E-state index contributed by atoms with van der Waals surface area (Å²) < 4.78 is 0. The van der Waals surface area contributed by atoms with Gasteiger partial charge in [0, 0.05) is 31.6 Å². The number of aryl methyl sites for hydroxylation is 1. The van der Waals surface area contributed by atoms with Gasteiger partial charge < -0.3 is 9.80 Å². The van der Waals surface area contributed by atoms with E-state index in [4.69, 9.17) is 9.97 Å². The van der Waals surface area contributed by atoms with Crippen molar-refractivity contribution in [1.82, 2.24) is 14.9 Å². The smallest absolute Gasteiger partial charge is 0.230 e. The maximum Gasteiger partial charge on any atom is 0.230 e. The van der Waals surface area contributed by atoms with Crippen LogP contribution in [0.5, 0.6) is 0 Å². The van der Waals surface area contributed by atoms with Crippen LogP contribution in [0.25, 0.3) is 0 Å². The van der Waals surface area contributed by atoms with Gasteiger partial charge in [0.2, 0.25) is 5.91 Å². The van der Waals surface area contributed by atoms with E-state index in [1.807, 2.05) is 30.0 Å². The molecule has 1 atom stereocenters. The van der Waals surface area contributed by atoms with Crippen LogP contribution in [0.15, 0.2) is 30.3 Å². The third-order valence-electron chi connectivity index (χ3n) is 6.03. The molecule has 0 spiro atoms. The zero-order chi connectivity index (χ0) is 19.5. The van der Waals surface area contributed by atoms with E-state index in [0.29, 0.717) is 6.54 Å². The molecule has 2 aliphatic heterocycles. The number of carbonyl (C=O) groups is 1. The SMILES string of the molecule is CC[C@H](C(=O)N1CCc2nc(C)nc(N3CCCCC3)c2C1)c1ccccc1. The molecule has 0 unspecified atom stereocenters. The van der Waals surface area contributed by atoms with Gasteiger partial charge in [0.05, 0.1) is 18.2 Å². The van der Waals surface area contributed by atoms with Gasteiger partial charge >= 0.3 is 0 Å². The van der Waals surface area contributed by atoms with Crippen LogP contribution < -0.4 is 4.90 Å². The van der Waals surface area contributed by atoms with Gasteiger partial charge in [-0.3, -0.25) is 4.79 Å². The number of nitrogens with zero attached hydrogens (tertiary/aromatic N) is 4. The first-order valence-electron chi connectivity index (χ1n) is 10.6. The van der Waals surface area contributed by atoms with Gasteiger partial charge in [-0.25, -0.2) is 9.97 Å². The molecule has 5 heteroatoms. The van der Waals surface area contributed by atoms with Crippen LogP contribution in [-0.2, 0) is 17.8 Å². The minimum Gasteiger partial charge on any atom is -0.356 e. The molecule has 2 aliphatic rings. The minimum atomic E-state index is -0.0763. The van der Waals surface area contributed by atoms with E-state index >= 15 is 0 Å². The second kappa shape index (κ2) is 8.29. The summed E-state index contributed by atoms with van der Waals surface area (Å²) in [6.07, 6.45) is 5.35. The second-order valence-electron chi connectivity index (χ2n) is 7.95. The largest absolute Gasteiger partial charge is 0.356 e. The summed E-state index contributed by atoms with van der Waals surface area (Å²) in [6, 6.07) is 10.2. The molecule has 0 aliphatic carbocycles. The van der Waals surface area contributed by atoms with Crippen molar-refractivity contribution in [1.29, 1.82) is 0 Å².